The van der Waals surface area contributed by atoms with Crippen molar-refractivity contribution in [3.05, 3.63) is 12.2 Å². The Labute approximate surface area is 222 Å². The van der Waals surface area contributed by atoms with Crippen LogP contribution in [-0.4, -0.2) is 41.9 Å². The van der Waals surface area contributed by atoms with E-state index in [1.165, 1.54) is 57.8 Å². The normalized spacial score (nSPS) is 13.8. The maximum atomic E-state index is 12.3. The summed E-state index contributed by atoms with van der Waals surface area (Å²) in [5, 5.41) is 13.2. The third-order valence-electron chi connectivity index (χ3n) is 6.70. The van der Waals surface area contributed by atoms with Crippen molar-refractivity contribution >= 4 is 16.0 Å². The highest BCUT2D eigenvalue weighted by atomic mass is 32.2. The van der Waals surface area contributed by atoms with Gasteiger partial charge in [-0.1, -0.05) is 122 Å². The van der Waals surface area contributed by atoms with Crippen LogP contribution in [0.5, 0.6) is 0 Å². The first-order chi connectivity index (χ1) is 17.3. The molecule has 0 heterocycles. The van der Waals surface area contributed by atoms with Gasteiger partial charge in [0.1, 0.15) is 0 Å². The summed E-state index contributed by atoms with van der Waals surface area (Å²) in [7, 11) is -4.29. The lowest BCUT2D eigenvalue weighted by Crippen LogP contribution is -2.47. The SMILES string of the molecule is CCC/C=C\CCCCCCCC(=O)NC(CS(=O)(=O)O)C(O)CCCCCCCCCCCCC. The van der Waals surface area contributed by atoms with Crippen LogP contribution in [0.15, 0.2) is 12.2 Å². The topological polar surface area (TPSA) is 104 Å². The third-order valence-corrected chi connectivity index (χ3v) is 7.48. The second-order valence-corrected chi connectivity index (χ2v) is 11.9. The van der Waals surface area contributed by atoms with E-state index >= 15 is 0 Å². The molecule has 0 aliphatic rings. The molecule has 0 saturated carbocycles. The zero-order chi connectivity index (χ0) is 26.9. The van der Waals surface area contributed by atoms with Gasteiger partial charge in [-0.05, 0) is 32.1 Å². The van der Waals surface area contributed by atoms with Gasteiger partial charge in [-0.25, -0.2) is 0 Å². The quantitative estimate of drug-likeness (QED) is 0.0609. The van der Waals surface area contributed by atoms with E-state index in [1.807, 2.05) is 0 Å². The van der Waals surface area contributed by atoms with Gasteiger partial charge in [-0.15, -0.1) is 0 Å². The molecule has 0 aromatic carbocycles. The number of allylic oxidation sites excluding steroid dienone is 2. The molecule has 0 radical (unpaired) electrons. The van der Waals surface area contributed by atoms with Gasteiger partial charge in [0.2, 0.25) is 5.91 Å². The van der Waals surface area contributed by atoms with Gasteiger partial charge < -0.3 is 10.4 Å². The summed E-state index contributed by atoms with van der Waals surface area (Å²) in [4.78, 5) is 12.3. The number of unbranched alkanes of at least 4 members (excludes halogenated alkanes) is 16. The number of nitrogens with one attached hydrogen (secondary N) is 1. The van der Waals surface area contributed by atoms with Gasteiger partial charge in [0, 0.05) is 6.42 Å². The molecule has 3 N–H and O–H groups in total. The van der Waals surface area contributed by atoms with E-state index in [0.717, 1.165) is 64.2 Å². The highest BCUT2D eigenvalue weighted by molar-refractivity contribution is 7.85. The summed E-state index contributed by atoms with van der Waals surface area (Å²) in [6.07, 6.45) is 25.9. The monoisotopic (exact) mass is 531 g/mol. The van der Waals surface area contributed by atoms with Crippen molar-refractivity contribution in [2.45, 2.75) is 161 Å². The van der Waals surface area contributed by atoms with E-state index < -0.39 is 28.0 Å². The van der Waals surface area contributed by atoms with Crippen LogP contribution in [0.4, 0.5) is 0 Å². The molecule has 36 heavy (non-hydrogen) atoms. The number of carbonyl (C=O) groups excluding carboxylic acids is 1. The predicted molar refractivity (Wildman–Crippen MR) is 152 cm³/mol. The van der Waals surface area contributed by atoms with Crippen molar-refractivity contribution in [1.82, 2.24) is 5.32 Å². The highest BCUT2D eigenvalue weighted by Crippen LogP contribution is 2.14. The van der Waals surface area contributed by atoms with Crippen molar-refractivity contribution in [3.63, 3.8) is 0 Å². The van der Waals surface area contributed by atoms with E-state index in [0.29, 0.717) is 12.8 Å². The lowest BCUT2D eigenvalue weighted by molar-refractivity contribution is -0.122. The van der Waals surface area contributed by atoms with E-state index in [2.05, 4.69) is 31.3 Å². The summed E-state index contributed by atoms with van der Waals surface area (Å²) >= 11 is 0. The van der Waals surface area contributed by atoms with E-state index in [4.69, 9.17) is 0 Å². The number of hydrogen-bond donors (Lipinski definition) is 3. The van der Waals surface area contributed by atoms with Crippen LogP contribution < -0.4 is 5.32 Å². The molecule has 2 atom stereocenters. The molecule has 0 saturated heterocycles. The van der Waals surface area contributed by atoms with Gasteiger partial charge in [0.15, 0.2) is 0 Å². The van der Waals surface area contributed by atoms with E-state index in [1.54, 1.807) is 0 Å². The van der Waals surface area contributed by atoms with Crippen molar-refractivity contribution in [2.24, 2.45) is 0 Å². The predicted octanol–water partition coefficient (Wildman–Crippen LogP) is 7.51. The van der Waals surface area contributed by atoms with E-state index in [9.17, 15) is 22.9 Å². The number of carbonyl (C=O) groups is 1. The van der Waals surface area contributed by atoms with Gasteiger partial charge in [0.25, 0.3) is 10.1 Å². The molecule has 214 valence electrons. The largest absolute Gasteiger partial charge is 0.391 e. The molecule has 0 spiro atoms. The Bertz CT molecular complexity index is 636. The Morgan fingerprint density at radius 1 is 0.722 bits per heavy atom. The second-order valence-electron chi connectivity index (χ2n) is 10.4. The standard InChI is InChI=1S/C29H57NO5S/c1-3-5-7-9-11-13-15-16-18-20-22-24-28(31)27(26-36(33,34)35)30-29(32)25-23-21-19-17-14-12-10-8-6-4-2/h8,10,27-28,31H,3-7,9,11-26H2,1-2H3,(H,30,32)(H,33,34,35)/b10-8-. The van der Waals surface area contributed by atoms with Crippen LogP contribution in [0.25, 0.3) is 0 Å². The number of rotatable bonds is 26. The lowest BCUT2D eigenvalue weighted by atomic mass is 10.0. The molecule has 6 nitrogen and oxygen atoms in total. The number of aliphatic hydroxyl groups is 1. The maximum absolute atomic E-state index is 12.3. The fraction of sp³-hybridized carbons (Fsp3) is 0.897. The minimum Gasteiger partial charge on any atom is -0.391 e. The third kappa shape index (κ3) is 24.8. The molecular weight excluding hydrogens is 474 g/mol. The Kier molecular flexibility index (Phi) is 23.8. The number of amides is 1. The van der Waals surface area contributed by atoms with Crippen molar-refractivity contribution in [1.29, 1.82) is 0 Å². The van der Waals surface area contributed by atoms with Gasteiger partial charge in [0.05, 0.1) is 17.9 Å². The number of hydrogen-bond acceptors (Lipinski definition) is 4. The van der Waals surface area contributed by atoms with Crippen molar-refractivity contribution < 1.29 is 22.9 Å². The molecule has 0 aliphatic carbocycles. The molecule has 7 heteroatoms. The van der Waals surface area contributed by atoms with Crippen LogP contribution in [0.2, 0.25) is 0 Å². The van der Waals surface area contributed by atoms with Crippen molar-refractivity contribution in [2.75, 3.05) is 5.75 Å². The summed E-state index contributed by atoms with van der Waals surface area (Å²) < 4.78 is 32.1. The van der Waals surface area contributed by atoms with Crippen LogP contribution >= 0.6 is 0 Å². The average molecular weight is 532 g/mol. The highest BCUT2D eigenvalue weighted by Gasteiger charge is 2.26. The Hall–Kier alpha value is -0.920. The zero-order valence-electron chi connectivity index (χ0n) is 23.4. The molecule has 0 aliphatic heterocycles. The van der Waals surface area contributed by atoms with Gasteiger partial charge in [-0.3, -0.25) is 9.35 Å². The molecule has 1 amide bonds. The van der Waals surface area contributed by atoms with E-state index in [-0.39, 0.29) is 5.91 Å². The van der Waals surface area contributed by atoms with Crippen LogP contribution in [0.3, 0.4) is 0 Å². The molecule has 2 unspecified atom stereocenters. The van der Waals surface area contributed by atoms with Crippen LogP contribution in [0, 0.1) is 0 Å². The van der Waals surface area contributed by atoms with Gasteiger partial charge in [-0.2, -0.15) is 8.42 Å². The molecule has 0 aromatic rings. The maximum Gasteiger partial charge on any atom is 0.266 e. The number of aliphatic hydroxyl groups excluding tert-OH is 1. The second kappa shape index (κ2) is 24.4. The summed E-state index contributed by atoms with van der Waals surface area (Å²) in [6.45, 7) is 4.40. The van der Waals surface area contributed by atoms with Gasteiger partial charge >= 0.3 is 0 Å². The zero-order valence-corrected chi connectivity index (χ0v) is 24.2. The van der Waals surface area contributed by atoms with Crippen molar-refractivity contribution in [3.8, 4) is 0 Å². The fourth-order valence-corrected chi connectivity index (χ4v) is 5.21. The summed E-state index contributed by atoms with van der Waals surface area (Å²) in [5.41, 5.74) is 0. The smallest absolute Gasteiger partial charge is 0.266 e. The first kappa shape index (κ1) is 35.1. The lowest BCUT2D eigenvalue weighted by Gasteiger charge is -2.23. The minimum atomic E-state index is -4.29. The molecule has 0 aromatic heterocycles. The summed E-state index contributed by atoms with van der Waals surface area (Å²) in [5.74, 6) is -0.909. The molecular formula is C29H57NO5S. The van der Waals surface area contributed by atoms with Crippen LogP contribution in [0.1, 0.15) is 149 Å². The summed E-state index contributed by atoms with van der Waals surface area (Å²) in [6, 6.07) is -0.967. The Morgan fingerprint density at radius 2 is 1.22 bits per heavy atom. The molecule has 0 fully saturated rings. The molecule has 0 rings (SSSR count). The fourth-order valence-electron chi connectivity index (χ4n) is 4.45. The first-order valence-electron chi connectivity index (χ1n) is 14.9. The average Bonchev–Trinajstić information content (AvgIpc) is 2.82. The molecule has 0 bridgehead atoms. The van der Waals surface area contributed by atoms with Crippen LogP contribution in [-0.2, 0) is 14.9 Å². The Morgan fingerprint density at radius 3 is 1.78 bits per heavy atom. The first-order valence-corrected chi connectivity index (χ1v) is 16.5. The Balaban J connectivity index is 4.05. The minimum absolute atomic E-state index is 0.260.